The molecular formula is C14H16Br2N2O2. The second-order valence-electron chi connectivity index (χ2n) is 4.24. The fraction of sp³-hybridized carbons (Fsp3) is 0.357. The zero-order valence-electron chi connectivity index (χ0n) is 11.4. The molecule has 0 saturated heterocycles. The van der Waals surface area contributed by atoms with Crippen LogP contribution in [0.5, 0.6) is 11.5 Å². The molecule has 1 aromatic carbocycles. The lowest BCUT2D eigenvalue weighted by Gasteiger charge is -2.14. The predicted molar refractivity (Wildman–Crippen MR) is 85.5 cm³/mol. The average Bonchev–Trinajstić information content (AvgIpc) is 2.83. The van der Waals surface area contributed by atoms with E-state index >= 15 is 0 Å². The van der Waals surface area contributed by atoms with Gasteiger partial charge in [0.25, 0.3) is 0 Å². The molecule has 108 valence electrons. The number of hydrogen-bond donors (Lipinski definition) is 0. The number of halogens is 2. The van der Waals surface area contributed by atoms with Gasteiger partial charge in [0.2, 0.25) is 0 Å². The zero-order valence-corrected chi connectivity index (χ0v) is 14.6. The van der Waals surface area contributed by atoms with Gasteiger partial charge in [-0.3, -0.25) is 4.68 Å². The lowest BCUT2D eigenvalue weighted by molar-refractivity contribution is 0.264. The summed E-state index contributed by atoms with van der Waals surface area (Å²) in [6.45, 7) is 2.96. The van der Waals surface area contributed by atoms with Gasteiger partial charge in [0.15, 0.2) is 11.5 Å². The number of aromatic nitrogens is 2. The van der Waals surface area contributed by atoms with Crippen molar-refractivity contribution in [2.75, 3.05) is 6.61 Å². The van der Waals surface area contributed by atoms with E-state index in [0.717, 1.165) is 26.8 Å². The van der Waals surface area contributed by atoms with Gasteiger partial charge in [0.1, 0.15) is 6.61 Å². The van der Waals surface area contributed by atoms with Crippen LogP contribution in [0.1, 0.15) is 18.2 Å². The molecule has 0 unspecified atom stereocenters. The maximum absolute atomic E-state index is 5.86. The third-order valence-corrected chi connectivity index (χ3v) is 3.89. The van der Waals surface area contributed by atoms with Crippen molar-refractivity contribution in [2.45, 2.75) is 18.9 Å². The van der Waals surface area contributed by atoms with Gasteiger partial charge in [-0.15, -0.1) is 0 Å². The molecule has 4 nitrogen and oxygen atoms in total. The lowest BCUT2D eigenvalue weighted by atomic mass is 10.2. The Morgan fingerprint density at radius 3 is 2.70 bits per heavy atom. The summed E-state index contributed by atoms with van der Waals surface area (Å²) < 4.78 is 14.1. The molecule has 0 N–H and O–H groups in total. The van der Waals surface area contributed by atoms with Gasteiger partial charge in [-0.25, -0.2) is 0 Å². The van der Waals surface area contributed by atoms with Crippen LogP contribution < -0.4 is 9.47 Å². The van der Waals surface area contributed by atoms with Crippen molar-refractivity contribution in [3.63, 3.8) is 0 Å². The van der Waals surface area contributed by atoms with E-state index in [1.165, 1.54) is 0 Å². The smallest absolute Gasteiger partial charge is 0.175 e. The Morgan fingerprint density at radius 1 is 1.30 bits per heavy atom. The minimum atomic E-state index is 0.410. The van der Waals surface area contributed by atoms with Crippen LogP contribution in [-0.2, 0) is 19.0 Å². The Hall–Kier alpha value is -1.01. The van der Waals surface area contributed by atoms with Crippen molar-refractivity contribution < 1.29 is 9.47 Å². The molecule has 2 rings (SSSR count). The highest BCUT2D eigenvalue weighted by Crippen LogP contribution is 2.37. The number of hydrogen-bond acceptors (Lipinski definition) is 3. The van der Waals surface area contributed by atoms with Crippen molar-refractivity contribution in [2.24, 2.45) is 7.05 Å². The predicted octanol–water partition coefficient (Wildman–Crippen LogP) is 4.06. The molecule has 20 heavy (non-hydrogen) atoms. The number of nitrogens with zero attached hydrogens (tertiary/aromatic N) is 2. The van der Waals surface area contributed by atoms with E-state index < -0.39 is 0 Å². The summed E-state index contributed by atoms with van der Waals surface area (Å²) in [5, 5.41) is 5.06. The van der Waals surface area contributed by atoms with E-state index in [9.17, 15) is 0 Å². The summed E-state index contributed by atoms with van der Waals surface area (Å²) in [5.41, 5.74) is 2.01. The van der Waals surface area contributed by atoms with Crippen LogP contribution in [-0.4, -0.2) is 16.4 Å². The van der Waals surface area contributed by atoms with Crippen LogP contribution in [0.25, 0.3) is 0 Å². The number of ether oxygens (including phenoxy) is 2. The zero-order chi connectivity index (χ0) is 14.5. The molecule has 0 atom stereocenters. The molecule has 0 amide bonds. The van der Waals surface area contributed by atoms with Crippen LogP contribution >= 0.6 is 31.9 Å². The standard InChI is InChI=1S/C14H16Br2N2O2/c1-3-19-13-7-10(8-15)6-12(16)14(13)20-9-11-4-5-18(2)17-11/h4-7H,3,8-9H2,1-2H3. The van der Waals surface area contributed by atoms with E-state index in [4.69, 9.17) is 9.47 Å². The van der Waals surface area contributed by atoms with E-state index in [1.807, 2.05) is 38.4 Å². The third kappa shape index (κ3) is 3.76. The van der Waals surface area contributed by atoms with Gasteiger partial charge in [-0.1, -0.05) is 15.9 Å². The Kier molecular flexibility index (Phi) is 5.48. The fourth-order valence-electron chi connectivity index (χ4n) is 1.79. The van der Waals surface area contributed by atoms with E-state index in [2.05, 4.69) is 37.0 Å². The van der Waals surface area contributed by atoms with E-state index in [0.29, 0.717) is 19.0 Å². The van der Waals surface area contributed by atoms with E-state index in [1.54, 1.807) is 4.68 Å². The van der Waals surface area contributed by atoms with Crippen LogP contribution in [0.3, 0.4) is 0 Å². The Morgan fingerprint density at radius 2 is 2.10 bits per heavy atom. The van der Waals surface area contributed by atoms with Gasteiger partial charge >= 0.3 is 0 Å². The average molecular weight is 404 g/mol. The fourth-order valence-corrected chi connectivity index (χ4v) is 2.72. The molecule has 0 saturated carbocycles. The topological polar surface area (TPSA) is 36.3 Å². The highest BCUT2D eigenvalue weighted by atomic mass is 79.9. The maximum Gasteiger partial charge on any atom is 0.175 e. The van der Waals surface area contributed by atoms with Crippen molar-refractivity contribution in [3.05, 3.63) is 40.1 Å². The van der Waals surface area contributed by atoms with Gasteiger partial charge in [0.05, 0.1) is 16.8 Å². The van der Waals surface area contributed by atoms with Gasteiger partial charge in [-0.05, 0) is 46.6 Å². The molecule has 0 aliphatic carbocycles. The first-order valence-corrected chi connectivity index (χ1v) is 8.18. The minimum Gasteiger partial charge on any atom is -0.490 e. The van der Waals surface area contributed by atoms with Crippen LogP contribution in [0.15, 0.2) is 28.9 Å². The van der Waals surface area contributed by atoms with Crippen molar-refractivity contribution in [1.29, 1.82) is 0 Å². The first-order valence-electron chi connectivity index (χ1n) is 6.26. The molecule has 1 aromatic heterocycles. The second-order valence-corrected chi connectivity index (χ2v) is 5.66. The van der Waals surface area contributed by atoms with E-state index in [-0.39, 0.29) is 0 Å². The molecule has 0 spiro atoms. The summed E-state index contributed by atoms with van der Waals surface area (Å²) >= 11 is 6.99. The molecule has 1 heterocycles. The largest absolute Gasteiger partial charge is 0.490 e. The van der Waals surface area contributed by atoms with Gasteiger partial charge in [0, 0.05) is 18.6 Å². The maximum atomic E-state index is 5.86. The second kappa shape index (κ2) is 7.13. The Balaban J connectivity index is 2.20. The summed E-state index contributed by atoms with van der Waals surface area (Å²) in [7, 11) is 1.88. The quantitative estimate of drug-likeness (QED) is 0.682. The molecule has 0 aliphatic heterocycles. The molecule has 0 radical (unpaired) electrons. The summed E-state index contributed by atoms with van der Waals surface area (Å²) in [5.74, 6) is 1.45. The molecular weight excluding hydrogens is 388 g/mol. The van der Waals surface area contributed by atoms with Crippen molar-refractivity contribution in [1.82, 2.24) is 9.78 Å². The highest BCUT2D eigenvalue weighted by Gasteiger charge is 2.12. The first kappa shape index (κ1) is 15.4. The highest BCUT2D eigenvalue weighted by molar-refractivity contribution is 9.10. The van der Waals surface area contributed by atoms with Crippen LogP contribution in [0, 0.1) is 0 Å². The monoisotopic (exact) mass is 402 g/mol. The molecule has 2 aromatic rings. The van der Waals surface area contributed by atoms with Crippen LogP contribution in [0.4, 0.5) is 0 Å². The minimum absolute atomic E-state index is 0.410. The first-order chi connectivity index (χ1) is 9.63. The Bertz CT molecular complexity index is 585. The van der Waals surface area contributed by atoms with Crippen molar-refractivity contribution in [3.8, 4) is 11.5 Å². The Labute approximate surface area is 135 Å². The summed E-state index contributed by atoms with van der Waals surface area (Å²) in [6, 6.07) is 5.93. The molecule has 0 bridgehead atoms. The van der Waals surface area contributed by atoms with Crippen molar-refractivity contribution >= 4 is 31.9 Å². The number of alkyl halides is 1. The van der Waals surface area contributed by atoms with Gasteiger partial charge in [-0.2, -0.15) is 5.10 Å². The normalized spacial score (nSPS) is 10.6. The lowest BCUT2D eigenvalue weighted by Crippen LogP contribution is -2.02. The summed E-state index contributed by atoms with van der Waals surface area (Å²) in [4.78, 5) is 0. The number of aryl methyl sites for hydroxylation is 1. The van der Waals surface area contributed by atoms with Gasteiger partial charge < -0.3 is 9.47 Å². The molecule has 0 fully saturated rings. The third-order valence-electron chi connectivity index (χ3n) is 2.66. The number of benzene rings is 1. The molecule has 0 aliphatic rings. The number of rotatable bonds is 6. The van der Waals surface area contributed by atoms with Crippen LogP contribution in [0.2, 0.25) is 0 Å². The molecule has 6 heteroatoms. The summed E-state index contributed by atoms with van der Waals surface area (Å²) in [6.07, 6.45) is 1.89. The SMILES string of the molecule is CCOc1cc(CBr)cc(Br)c1OCc1ccn(C)n1.